The first-order chi connectivity index (χ1) is 7.41. The van der Waals surface area contributed by atoms with Gasteiger partial charge < -0.3 is 9.84 Å². The summed E-state index contributed by atoms with van der Waals surface area (Å²) in [7, 11) is 0. The minimum absolute atomic E-state index is 0.433. The fourth-order valence-corrected chi connectivity index (χ4v) is 1.70. The van der Waals surface area contributed by atoms with Gasteiger partial charge in [0.25, 0.3) is 0 Å². The lowest BCUT2D eigenvalue weighted by atomic mass is 10.0. The molecule has 1 N–H and O–H groups in total. The molecule has 0 aliphatic heterocycles. The first-order valence-corrected chi connectivity index (χ1v) is 5.90. The molecule has 0 radical (unpaired) electrons. The standard InChI is InChI=1S/C12H15BrO3/c1-7(2)9-4-5-11(10(13)6-9)16-8(3)12(14)15/h4-8H,1-3H3,(H,14,15)/t8-/m1/s1. The zero-order chi connectivity index (χ0) is 12.3. The van der Waals surface area contributed by atoms with Gasteiger partial charge in [0.05, 0.1) is 4.47 Å². The number of rotatable bonds is 4. The zero-order valence-corrected chi connectivity index (χ0v) is 11.1. The second-order valence-electron chi connectivity index (χ2n) is 3.94. The van der Waals surface area contributed by atoms with Crippen molar-refractivity contribution in [3.63, 3.8) is 0 Å². The molecular formula is C12H15BrO3. The molecule has 0 saturated heterocycles. The second-order valence-corrected chi connectivity index (χ2v) is 4.80. The number of hydrogen-bond acceptors (Lipinski definition) is 2. The third-order valence-corrected chi connectivity index (χ3v) is 2.89. The number of carboxylic acids is 1. The third kappa shape index (κ3) is 3.23. The van der Waals surface area contributed by atoms with E-state index in [1.54, 1.807) is 6.07 Å². The minimum Gasteiger partial charge on any atom is -0.479 e. The summed E-state index contributed by atoms with van der Waals surface area (Å²) in [5.41, 5.74) is 1.18. The van der Waals surface area contributed by atoms with Gasteiger partial charge in [0.2, 0.25) is 0 Å². The van der Waals surface area contributed by atoms with Crippen molar-refractivity contribution in [1.82, 2.24) is 0 Å². The van der Waals surface area contributed by atoms with Gasteiger partial charge >= 0.3 is 5.97 Å². The highest BCUT2D eigenvalue weighted by atomic mass is 79.9. The van der Waals surface area contributed by atoms with Gasteiger partial charge in [0, 0.05) is 0 Å². The van der Waals surface area contributed by atoms with E-state index in [1.165, 1.54) is 12.5 Å². The van der Waals surface area contributed by atoms with Crippen molar-refractivity contribution < 1.29 is 14.6 Å². The molecular weight excluding hydrogens is 272 g/mol. The molecule has 1 aromatic carbocycles. The van der Waals surface area contributed by atoms with Crippen LogP contribution in [0.5, 0.6) is 5.75 Å². The number of benzene rings is 1. The monoisotopic (exact) mass is 286 g/mol. The van der Waals surface area contributed by atoms with E-state index in [1.807, 2.05) is 12.1 Å². The normalized spacial score (nSPS) is 12.6. The van der Waals surface area contributed by atoms with Crippen LogP contribution in [0.15, 0.2) is 22.7 Å². The predicted molar refractivity (Wildman–Crippen MR) is 66.0 cm³/mol. The van der Waals surface area contributed by atoms with E-state index in [-0.39, 0.29) is 0 Å². The van der Waals surface area contributed by atoms with E-state index in [4.69, 9.17) is 9.84 Å². The van der Waals surface area contributed by atoms with Gasteiger partial charge in [0.1, 0.15) is 5.75 Å². The summed E-state index contributed by atoms with van der Waals surface area (Å²) in [5.74, 6) is 0.0152. The third-order valence-electron chi connectivity index (χ3n) is 2.27. The predicted octanol–water partition coefficient (Wildman–Crippen LogP) is 3.42. The maximum atomic E-state index is 10.6. The van der Waals surface area contributed by atoms with E-state index in [9.17, 15) is 4.79 Å². The molecule has 1 atom stereocenters. The van der Waals surface area contributed by atoms with Gasteiger partial charge in [-0.25, -0.2) is 4.79 Å². The fourth-order valence-electron chi connectivity index (χ4n) is 1.21. The van der Waals surface area contributed by atoms with Gasteiger partial charge in [-0.05, 0) is 46.5 Å². The molecule has 0 fully saturated rings. The van der Waals surface area contributed by atoms with Gasteiger partial charge in [-0.1, -0.05) is 19.9 Å². The van der Waals surface area contributed by atoms with Crippen molar-refractivity contribution in [2.45, 2.75) is 32.8 Å². The maximum Gasteiger partial charge on any atom is 0.344 e. The van der Waals surface area contributed by atoms with Crippen LogP contribution >= 0.6 is 15.9 Å². The average molecular weight is 287 g/mol. The first-order valence-electron chi connectivity index (χ1n) is 5.10. The van der Waals surface area contributed by atoms with Crippen molar-refractivity contribution >= 4 is 21.9 Å². The van der Waals surface area contributed by atoms with E-state index in [2.05, 4.69) is 29.8 Å². The summed E-state index contributed by atoms with van der Waals surface area (Å²) in [4.78, 5) is 10.6. The Morgan fingerprint density at radius 2 is 2.00 bits per heavy atom. The molecule has 0 spiro atoms. The second kappa shape index (κ2) is 5.34. The quantitative estimate of drug-likeness (QED) is 0.923. The van der Waals surface area contributed by atoms with Gasteiger partial charge in [-0.3, -0.25) is 0 Å². The SMILES string of the molecule is CC(C)c1ccc(O[C@H](C)C(=O)O)c(Br)c1. The number of carboxylic acid groups (broad SMARTS) is 1. The summed E-state index contributed by atoms with van der Waals surface area (Å²) in [5, 5.41) is 8.74. The lowest BCUT2D eigenvalue weighted by Gasteiger charge is -2.13. The maximum absolute atomic E-state index is 10.6. The molecule has 0 aromatic heterocycles. The van der Waals surface area contributed by atoms with Gasteiger partial charge in [-0.15, -0.1) is 0 Å². The van der Waals surface area contributed by atoms with Crippen molar-refractivity contribution in [2.75, 3.05) is 0 Å². The Bertz CT molecular complexity index is 388. The summed E-state index contributed by atoms with van der Waals surface area (Å²) in [6.45, 7) is 5.70. The Morgan fingerprint density at radius 3 is 2.44 bits per heavy atom. The first kappa shape index (κ1) is 13.0. The van der Waals surface area contributed by atoms with Crippen LogP contribution in [0, 0.1) is 0 Å². The van der Waals surface area contributed by atoms with Gasteiger partial charge in [-0.2, -0.15) is 0 Å². The number of carbonyl (C=O) groups is 1. The summed E-state index contributed by atoms with van der Waals surface area (Å²) in [6, 6.07) is 5.69. The van der Waals surface area contributed by atoms with Crippen LogP contribution in [-0.4, -0.2) is 17.2 Å². The molecule has 88 valence electrons. The van der Waals surface area contributed by atoms with Crippen LogP contribution < -0.4 is 4.74 Å². The Kier molecular flexibility index (Phi) is 4.35. The van der Waals surface area contributed by atoms with Crippen LogP contribution in [0.3, 0.4) is 0 Å². The van der Waals surface area contributed by atoms with Crippen molar-refractivity contribution in [3.05, 3.63) is 28.2 Å². The summed E-state index contributed by atoms with van der Waals surface area (Å²) < 4.78 is 6.08. The van der Waals surface area contributed by atoms with Crippen molar-refractivity contribution in [1.29, 1.82) is 0 Å². The highest BCUT2D eigenvalue weighted by molar-refractivity contribution is 9.10. The molecule has 16 heavy (non-hydrogen) atoms. The topological polar surface area (TPSA) is 46.5 Å². The molecule has 0 heterocycles. The van der Waals surface area contributed by atoms with Crippen LogP contribution in [0.2, 0.25) is 0 Å². The van der Waals surface area contributed by atoms with E-state index < -0.39 is 12.1 Å². The molecule has 0 saturated carbocycles. The van der Waals surface area contributed by atoms with Crippen LogP contribution in [-0.2, 0) is 4.79 Å². The minimum atomic E-state index is -0.972. The number of ether oxygens (including phenoxy) is 1. The Balaban J connectivity index is 2.87. The van der Waals surface area contributed by atoms with Gasteiger partial charge in [0.15, 0.2) is 6.10 Å². The lowest BCUT2D eigenvalue weighted by Crippen LogP contribution is -2.23. The Morgan fingerprint density at radius 1 is 1.38 bits per heavy atom. The molecule has 1 aromatic rings. The zero-order valence-electron chi connectivity index (χ0n) is 9.53. The lowest BCUT2D eigenvalue weighted by molar-refractivity contribution is -0.144. The molecule has 0 amide bonds. The van der Waals surface area contributed by atoms with Crippen LogP contribution in [0.4, 0.5) is 0 Å². The van der Waals surface area contributed by atoms with Crippen LogP contribution in [0.1, 0.15) is 32.3 Å². The molecule has 1 rings (SSSR count). The smallest absolute Gasteiger partial charge is 0.344 e. The number of halogens is 1. The van der Waals surface area contributed by atoms with E-state index in [0.29, 0.717) is 11.7 Å². The molecule has 4 heteroatoms. The Labute approximate surface area is 104 Å². The molecule has 0 unspecified atom stereocenters. The Hall–Kier alpha value is -1.03. The molecule has 0 aliphatic rings. The summed E-state index contributed by atoms with van der Waals surface area (Å²) >= 11 is 3.38. The number of aliphatic carboxylic acids is 1. The highest BCUT2D eigenvalue weighted by Gasteiger charge is 2.14. The average Bonchev–Trinajstić information content (AvgIpc) is 2.20. The number of hydrogen-bond donors (Lipinski definition) is 1. The highest BCUT2D eigenvalue weighted by Crippen LogP contribution is 2.29. The van der Waals surface area contributed by atoms with E-state index >= 15 is 0 Å². The fraction of sp³-hybridized carbons (Fsp3) is 0.417. The van der Waals surface area contributed by atoms with Crippen molar-refractivity contribution in [2.24, 2.45) is 0 Å². The molecule has 3 nitrogen and oxygen atoms in total. The summed E-state index contributed by atoms with van der Waals surface area (Å²) in [6.07, 6.45) is -0.846. The molecule has 0 bridgehead atoms. The van der Waals surface area contributed by atoms with E-state index in [0.717, 1.165) is 4.47 Å². The van der Waals surface area contributed by atoms with Crippen molar-refractivity contribution in [3.8, 4) is 5.75 Å². The largest absolute Gasteiger partial charge is 0.479 e. The molecule has 0 aliphatic carbocycles. The van der Waals surface area contributed by atoms with Crippen LogP contribution in [0.25, 0.3) is 0 Å².